The van der Waals surface area contributed by atoms with Gasteiger partial charge in [-0.05, 0) is 30.7 Å². The second kappa shape index (κ2) is 8.51. The molecule has 1 aliphatic rings. The number of nitrogens with zero attached hydrogens (tertiary/aromatic N) is 3. The molecule has 1 atom stereocenters. The number of aromatic amines is 1. The minimum atomic E-state index is -0.666. The molecule has 10 nitrogen and oxygen atoms in total. The predicted octanol–water partition coefficient (Wildman–Crippen LogP) is 3.57. The molecule has 0 bridgehead atoms. The highest BCUT2D eigenvalue weighted by Gasteiger charge is 2.34. The van der Waals surface area contributed by atoms with Gasteiger partial charge in [-0.25, -0.2) is 4.39 Å². The first kappa shape index (κ1) is 21.6. The molecule has 2 heterocycles. The molecule has 1 aliphatic heterocycles. The minimum absolute atomic E-state index is 0.0505. The van der Waals surface area contributed by atoms with Crippen molar-refractivity contribution in [3.05, 3.63) is 86.2 Å². The van der Waals surface area contributed by atoms with Crippen LogP contribution in [0.4, 0.5) is 10.1 Å². The second-order valence-corrected chi connectivity index (χ2v) is 7.22. The van der Waals surface area contributed by atoms with E-state index in [9.17, 15) is 19.8 Å². The van der Waals surface area contributed by atoms with E-state index in [-0.39, 0.29) is 35.4 Å². The van der Waals surface area contributed by atoms with Crippen molar-refractivity contribution in [1.29, 1.82) is 5.26 Å². The number of nitro groups is 1. The van der Waals surface area contributed by atoms with Crippen molar-refractivity contribution in [2.45, 2.75) is 19.4 Å². The number of hydrogen-bond donors (Lipinski definition) is 2. The fourth-order valence-corrected chi connectivity index (χ4v) is 3.73. The van der Waals surface area contributed by atoms with E-state index in [4.69, 9.17) is 19.9 Å². The van der Waals surface area contributed by atoms with Crippen LogP contribution in [0.25, 0.3) is 0 Å². The van der Waals surface area contributed by atoms with Gasteiger partial charge >= 0.3 is 5.69 Å². The van der Waals surface area contributed by atoms with Crippen molar-refractivity contribution in [2.75, 3.05) is 7.11 Å². The normalized spacial score (nSPS) is 14.8. The van der Waals surface area contributed by atoms with Crippen molar-refractivity contribution in [2.24, 2.45) is 5.73 Å². The zero-order valence-corrected chi connectivity index (χ0v) is 17.6. The van der Waals surface area contributed by atoms with Gasteiger partial charge in [-0.15, -0.1) is 5.10 Å². The molecule has 0 spiro atoms. The van der Waals surface area contributed by atoms with Gasteiger partial charge in [-0.1, -0.05) is 6.07 Å². The third-order valence-corrected chi connectivity index (χ3v) is 5.27. The van der Waals surface area contributed by atoms with Crippen molar-refractivity contribution in [3.8, 4) is 23.4 Å². The third kappa shape index (κ3) is 3.89. The van der Waals surface area contributed by atoms with Crippen molar-refractivity contribution < 1.29 is 23.5 Å². The topological polar surface area (TPSA) is 149 Å². The molecule has 0 saturated heterocycles. The highest BCUT2D eigenvalue weighted by molar-refractivity contribution is 5.56. The highest BCUT2D eigenvalue weighted by atomic mass is 19.1. The largest absolute Gasteiger partial charge is 0.496 e. The monoisotopic (exact) mass is 451 g/mol. The molecule has 3 aromatic rings. The lowest BCUT2D eigenvalue weighted by Crippen LogP contribution is -2.21. The number of aryl methyl sites for hydroxylation is 1. The van der Waals surface area contributed by atoms with E-state index in [1.54, 1.807) is 25.1 Å². The number of nitro benzene ring substituents is 1. The quantitative estimate of drug-likeness (QED) is 0.427. The maximum absolute atomic E-state index is 13.7. The zero-order valence-electron chi connectivity index (χ0n) is 17.6. The van der Waals surface area contributed by atoms with Gasteiger partial charge in [0.2, 0.25) is 11.8 Å². The highest BCUT2D eigenvalue weighted by Crippen LogP contribution is 2.43. The number of nitriles is 1. The Kier molecular flexibility index (Phi) is 5.58. The fourth-order valence-electron chi connectivity index (χ4n) is 3.73. The van der Waals surface area contributed by atoms with Crippen LogP contribution in [-0.2, 0) is 6.61 Å². The number of halogens is 1. The lowest BCUT2D eigenvalue weighted by atomic mass is 9.83. The lowest BCUT2D eigenvalue weighted by Gasteiger charge is -2.24. The maximum atomic E-state index is 13.7. The predicted molar refractivity (Wildman–Crippen MR) is 113 cm³/mol. The Morgan fingerprint density at radius 2 is 2.12 bits per heavy atom. The summed E-state index contributed by atoms with van der Waals surface area (Å²) in [5.74, 6) is -0.771. The number of methoxy groups -OCH3 is 1. The first-order chi connectivity index (χ1) is 15.8. The van der Waals surface area contributed by atoms with Crippen LogP contribution in [0, 0.1) is 34.2 Å². The molecule has 33 heavy (non-hydrogen) atoms. The number of benzene rings is 2. The van der Waals surface area contributed by atoms with Crippen LogP contribution in [0.1, 0.15) is 28.3 Å². The van der Waals surface area contributed by atoms with E-state index in [0.29, 0.717) is 28.1 Å². The molecular formula is C22H18FN5O5. The second-order valence-electron chi connectivity index (χ2n) is 7.22. The first-order valence-corrected chi connectivity index (χ1v) is 9.70. The van der Waals surface area contributed by atoms with E-state index in [0.717, 1.165) is 18.2 Å². The van der Waals surface area contributed by atoms with Gasteiger partial charge in [0.25, 0.3) is 0 Å². The Labute approximate surface area is 187 Å². The van der Waals surface area contributed by atoms with Gasteiger partial charge in [0, 0.05) is 29.0 Å². The summed E-state index contributed by atoms with van der Waals surface area (Å²) in [6.07, 6.45) is 0. The summed E-state index contributed by atoms with van der Waals surface area (Å²) in [4.78, 5) is 10.6. The van der Waals surface area contributed by atoms with Crippen LogP contribution in [0.3, 0.4) is 0 Å². The molecule has 168 valence electrons. The summed E-state index contributed by atoms with van der Waals surface area (Å²) in [7, 11) is 1.47. The number of nitrogens with one attached hydrogen (secondary N) is 1. The van der Waals surface area contributed by atoms with Crippen LogP contribution >= 0.6 is 0 Å². The van der Waals surface area contributed by atoms with Gasteiger partial charge in [0.15, 0.2) is 5.75 Å². The molecular weight excluding hydrogens is 433 g/mol. The number of fused-ring (bicyclic) bond motifs is 1. The summed E-state index contributed by atoms with van der Waals surface area (Å²) >= 11 is 0. The summed E-state index contributed by atoms with van der Waals surface area (Å²) in [6, 6.07) is 10.3. The molecule has 3 N–H and O–H groups in total. The average molecular weight is 451 g/mol. The Morgan fingerprint density at radius 3 is 2.82 bits per heavy atom. The zero-order chi connectivity index (χ0) is 23.7. The summed E-state index contributed by atoms with van der Waals surface area (Å²) in [6.45, 7) is 1.65. The number of nitrogens with two attached hydrogens (primary N) is 1. The van der Waals surface area contributed by atoms with Gasteiger partial charge in [0.1, 0.15) is 29.8 Å². The lowest BCUT2D eigenvalue weighted by molar-refractivity contribution is -0.386. The molecule has 4 rings (SSSR count). The van der Waals surface area contributed by atoms with Crippen molar-refractivity contribution >= 4 is 5.69 Å². The number of H-pyrrole nitrogens is 1. The van der Waals surface area contributed by atoms with Crippen LogP contribution in [0.5, 0.6) is 17.4 Å². The number of rotatable bonds is 6. The fraction of sp³-hybridized carbons (Fsp3) is 0.182. The first-order valence-electron chi connectivity index (χ1n) is 9.70. The number of aromatic nitrogens is 2. The minimum Gasteiger partial charge on any atom is -0.496 e. The molecule has 0 aliphatic carbocycles. The van der Waals surface area contributed by atoms with Gasteiger partial charge in [0.05, 0.1) is 18.0 Å². The maximum Gasteiger partial charge on any atom is 0.311 e. The molecule has 1 aromatic heterocycles. The van der Waals surface area contributed by atoms with Crippen molar-refractivity contribution in [1.82, 2.24) is 10.2 Å². The van der Waals surface area contributed by atoms with E-state index < -0.39 is 16.7 Å². The Hall–Kier alpha value is -4.59. The number of hydrogen-bond acceptors (Lipinski definition) is 8. The Bertz CT molecular complexity index is 1330. The summed E-state index contributed by atoms with van der Waals surface area (Å²) in [5, 5.41) is 27.9. The number of ether oxygens (including phenoxy) is 3. The SMILES string of the molecule is COc1ccc(C2C(C#N)=C(N)Oc3n[nH]c(C)c32)cc1COc1cc(F)ccc1[N+](=O)[O-]. The molecule has 11 heteroatoms. The summed E-state index contributed by atoms with van der Waals surface area (Å²) in [5.41, 5.74) is 8.39. The molecule has 0 amide bonds. The van der Waals surface area contributed by atoms with Gasteiger partial charge in [-0.3, -0.25) is 15.2 Å². The van der Waals surface area contributed by atoms with Gasteiger partial charge < -0.3 is 19.9 Å². The van der Waals surface area contributed by atoms with E-state index in [2.05, 4.69) is 16.3 Å². The van der Waals surface area contributed by atoms with Crippen LogP contribution in [-0.4, -0.2) is 22.2 Å². The van der Waals surface area contributed by atoms with Crippen molar-refractivity contribution in [3.63, 3.8) is 0 Å². The van der Waals surface area contributed by atoms with Crippen LogP contribution in [0.15, 0.2) is 47.9 Å². The number of allylic oxidation sites excluding steroid dienone is 1. The van der Waals surface area contributed by atoms with E-state index in [1.807, 2.05) is 0 Å². The Morgan fingerprint density at radius 1 is 1.33 bits per heavy atom. The van der Waals surface area contributed by atoms with Crippen LogP contribution < -0.4 is 19.9 Å². The average Bonchev–Trinajstić information content (AvgIpc) is 3.16. The Balaban J connectivity index is 1.74. The summed E-state index contributed by atoms with van der Waals surface area (Å²) < 4.78 is 30.1. The standard InChI is InChI=1S/C22H18FN5O5/c1-11-19-20(15(9-24)21(25)33-22(19)27-26-11)12-3-6-17(31-2)13(7-12)10-32-18-8-14(23)4-5-16(18)28(29)30/h3-8,20H,10,25H2,1-2H3,(H,26,27). The van der Waals surface area contributed by atoms with E-state index >= 15 is 0 Å². The smallest absolute Gasteiger partial charge is 0.311 e. The van der Waals surface area contributed by atoms with Crippen LogP contribution in [0.2, 0.25) is 0 Å². The van der Waals surface area contributed by atoms with Gasteiger partial charge in [-0.2, -0.15) is 5.26 Å². The third-order valence-electron chi connectivity index (χ3n) is 5.27. The van der Waals surface area contributed by atoms with E-state index in [1.165, 1.54) is 7.11 Å². The molecule has 0 radical (unpaired) electrons. The molecule has 0 saturated carbocycles. The molecule has 1 unspecified atom stereocenters. The molecule has 2 aromatic carbocycles. The molecule has 0 fully saturated rings.